The molecule has 4 fully saturated rings. The molecule has 1 heterocycles. The van der Waals surface area contributed by atoms with Crippen LogP contribution < -0.4 is 5.32 Å². The molecule has 1 N–H and O–H groups in total. The Morgan fingerprint density at radius 1 is 0.967 bits per heavy atom. The van der Waals surface area contributed by atoms with Crippen LogP contribution in [0, 0.1) is 23.7 Å². The average Bonchev–Trinajstić information content (AvgIpc) is 3.29. The van der Waals surface area contributed by atoms with Gasteiger partial charge in [0.05, 0.1) is 6.54 Å². The van der Waals surface area contributed by atoms with Crippen LogP contribution in [0.1, 0.15) is 53.8 Å². The van der Waals surface area contributed by atoms with Crippen LogP contribution in [0.2, 0.25) is 0 Å². The van der Waals surface area contributed by atoms with Crippen molar-refractivity contribution in [3.05, 3.63) is 58.3 Å². The van der Waals surface area contributed by atoms with E-state index in [9.17, 15) is 9.59 Å². The Morgan fingerprint density at radius 3 is 2.30 bits per heavy atom. The number of esters is 1. The van der Waals surface area contributed by atoms with Gasteiger partial charge >= 0.3 is 5.97 Å². The van der Waals surface area contributed by atoms with E-state index >= 15 is 0 Å². The minimum atomic E-state index is -0.318. The zero-order valence-electron chi connectivity index (χ0n) is 17.2. The smallest absolute Gasteiger partial charge is 0.348 e. The molecule has 0 unspecified atom stereocenters. The van der Waals surface area contributed by atoms with Gasteiger partial charge in [-0.3, -0.25) is 4.79 Å². The maximum absolute atomic E-state index is 13.0. The van der Waals surface area contributed by atoms with E-state index < -0.39 is 0 Å². The lowest BCUT2D eigenvalue weighted by atomic mass is 9.43. The number of amides is 1. The van der Waals surface area contributed by atoms with Crippen molar-refractivity contribution in [2.24, 2.45) is 23.7 Å². The van der Waals surface area contributed by atoms with Gasteiger partial charge in [0.2, 0.25) is 5.91 Å². The third kappa shape index (κ3) is 3.58. The van der Waals surface area contributed by atoms with Gasteiger partial charge in [-0.2, -0.15) is 0 Å². The second-order valence-electron chi connectivity index (χ2n) is 9.35. The number of carbonyl (C=O) groups is 2. The molecule has 4 aliphatic carbocycles. The Hall–Kier alpha value is -2.14. The molecule has 1 amide bonds. The molecular weight excluding hydrogens is 394 g/mol. The van der Waals surface area contributed by atoms with E-state index in [2.05, 4.69) is 35.6 Å². The van der Waals surface area contributed by atoms with Crippen molar-refractivity contribution < 1.29 is 14.3 Å². The second-order valence-corrected chi connectivity index (χ2v) is 10.3. The van der Waals surface area contributed by atoms with Crippen LogP contribution in [-0.2, 0) is 14.9 Å². The van der Waals surface area contributed by atoms with Gasteiger partial charge in [-0.05, 0) is 72.8 Å². The number of carbonyl (C=O) groups excluding carboxylic acids is 2. The largest absolute Gasteiger partial charge is 0.460 e. The standard InChI is InChI=1S/C25H29NO3S/c27-23(26-8-9-29-24(28)22-7-4-10-30-22)16-25(19-5-2-1-3-6-19)20-12-17-11-18(14-20)15-21(25)13-17/h1-7,10,17-18,20-21H,8-9,11-16H2,(H,26,27). The summed E-state index contributed by atoms with van der Waals surface area (Å²) in [5.41, 5.74) is 1.31. The molecule has 5 heteroatoms. The first-order chi connectivity index (χ1) is 14.6. The molecule has 4 bridgehead atoms. The lowest BCUT2D eigenvalue weighted by Crippen LogP contribution is -2.57. The van der Waals surface area contributed by atoms with E-state index in [1.807, 2.05) is 11.4 Å². The van der Waals surface area contributed by atoms with Crippen molar-refractivity contribution >= 4 is 23.2 Å². The molecule has 4 nitrogen and oxygen atoms in total. The zero-order valence-corrected chi connectivity index (χ0v) is 18.0. The Morgan fingerprint density at radius 2 is 1.67 bits per heavy atom. The summed E-state index contributed by atoms with van der Waals surface area (Å²) >= 11 is 1.37. The zero-order chi connectivity index (χ0) is 20.6. The monoisotopic (exact) mass is 423 g/mol. The second kappa shape index (κ2) is 8.18. The molecule has 0 aliphatic heterocycles. The van der Waals surface area contributed by atoms with Gasteiger partial charge in [0.1, 0.15) is 11.5 Å². The first-order valence-electron chi connectivity index (χ1n) is 11.2. The van der Waals surface area contributed by atoms with Gasteiger partial charge in [-0.25, -0.2) is 4.79 Å². The average molecular weight is 424 g/mol. The van der Waals surface area contributed by atoms with Crippen molar-refractivity contribution in [3.63, 3.8) is 0 Å². The van der Waals surface area contributed by atoms with E-state index in [-0.39, 0.29) is 23.9 Å². The molecule has 0 saturated heterocycles. The molecule has 4 saturated carbocycles. The number of thiophene rings is 1. The van der Waals surface area contributed by atoms with E-state index in [1.165, 1.54) is 49.0 Å². The van der Waals surface area contributed by atoms with Crippen molar-refractivity contribution in [1.82, 2.24) is 5.32 Å². The molecular formula is C25H29NO3S. The van der Waals surface area contributed by atoms with Crippen molar-refractivity contribution in [2.75, 3.05) is 13.2 Å². The van der Waals surface area contributed by atoms with Crippen LogP contribution in [0.25, 0.3) is 0 Å². The molecule has 0 spiro atoms. The summed E-state index contributed by atoms with van der Waals surface area (Å²) in [6.45, 7) is 0.569. The fraction of sp³-hybridized carbons (Fsp3) is 0.520. The number of hydrogen-bond donors (Lipinski definition) is 1. The summed E-state index contributed by atoms with van der Waals surface area (Å²) in [7, 11) is 0. The van der Waals surface area contributed by atoms with Gasteiger partial charge in [-0.1, -0.05) is 36.4 Å². The van der Waals surface area contributed by atoms with E-state index in [0.29, 0.717) is 29.7 Å². The van der Waals surface area contributed by atoms with Gasteiger partial charge < -0.3 is 10.1 Å². The minimum absolute atomic E-state index is 0.0353. The third-order valence-corrected chi connectivity index (χ3v) is 8.59. The molecule has 0 radical (unpaired) electrons. The fourth-order valence-electron chi connectivity index (χ4n) is 6.76. The van der Waals surface area contributed by atoms with Crippen LogP contribution >= 0.6 is 11.3 Å². The highest BCUT2D eigenvalue weighted by molar-refractivity contribution is 7.11. The molecule has 1 aromatic heterocycles. The van der Waals surface area contributed by atoms with Crippen LogP contribution in [0.4, 0.5) is 0 Å². The maximum atomic E-state index is 13.0. The van der Waals surface area contributed by atoms with Crippen LogP contribution in [-0.4, -0.2) is 25.0 Å². The highest BCUT2D eigenvalue weighted by atomic mass is 32.1. The topological polar surface area (TPSA) is 55.4 Å². The van der Waals surface area contributed by atoms with E-state index in [1.54, 1.807) is 6.07 Å². The number of benzene rings is 1. The highest BCUT2D eigenvalue weighted by Crippen LogP contribution is 2.64. The Labute approximate surface area is 182 Å². The molecule has 30 heavy (non-hydrogen) atoms. The number of nitrogens with one attached hydrogen (secondary N) is 1. The Balaban J connectivity index is 1.25. The highest BCUT2D eigenvalue weighted by Gasteiger charge is 2.58. The van der Waals surface area contributed by atoms with Gasteiger partial charge in [0.25, 0.3) is 0 Å². The maximum Gasteiger partial charge on any atom is 0.348 e. The number of ether oxygens (including phenoxy) is 1. The lowest BCUT2D eigenvalue weighted by molar-refractivity contribution is -0.129. The van der Waals surface area contributed by atoms with Crippen LogP contribution in [0.5, 0.6) is 0 Å². The SMILES string of the molecule is O=C(CC1(c2ccccc2)C2CC3CC(C2)CC1C3)NCCOC(=O)c1cccs1. The van der Waals surface area contributed by atoms with Crippen LogP contribution in [0.15, 0.2) is 47.8 Å². The fourth-order valence-corrected chi connectivity index (χ4v) is 7.38. The molecule has 2 aromatic rings. The quantitative estimate of drug-likeness (QED) is 0.514. The first kappa shape index (κ1) is 19.8. The van der Waals surface area contributed by atoms with E-state index in [4.69, 9.17) is 4.74 Å². The predicted molar refractivity (Wildman–Crippen MR) is 117 cm³/mol. The normalized spacial score (nSPS) is 31.5. The molecule has 4 aliphatic rings. The van der Waals surface area contributed by atoms with E-state index in [0.717, 1.165) is 11.8 Å². The summed E-state index contributed by atoms with van der Waals surface area (Å²) in [6.07, 6.45) is 7.03. The van der Waals surface area contributed by atoms with Crippen molar-refractivity contribution in [1.29, 1.82) is 0 Å². The number of hydrogen-bond acceptors (Lipinski definition) is 4. The lowest BCUT2D eigenvalue weighted by Gasteiger charge is -2.61. The van der Waals surface area contributed by atoms with Gasteiger partial charge in [0, 0.05) is 11.8 Å². The van der Waals surface area contributed by atoms with Crippen molar-refractivity contribution in [2.45, 2.75) is 43.9 Å². The summed E-state index contributed by atoms with van der Waals surface area (Å²) in [4.78, 5) is 25.6. The van der Waals surface area contributed by atoms with Crippen LogP contribution in [0.3, 0.4) is 0 Å². The Kier molecular flexibility index (Phi) is 5.40. The summed E-state index contributed by atoms with van der Waals surface area (Å²) in [5, 5.41) is 4.88. The summed E-state index contributed by atoms with van der Waals surface area (Å²) < 4.78 is 5.29. The molecule has 0 atom stereocenters. The van der Waals surface area contributed by atoms with Gasteiger partial charge in [0.15, 0.2) is 0 Å². The number of rotatable bonds is 7. The molecule has 158 valence electrons. The third-order valence-electron chi connectivity index (χ3n) is 7.74. The summed E-state index contributed by atoms with van der Waals surface area (Å²) in [5.74, 6) is 2.71. The summed E-state index contributed by atoms with van der Waals surface area (Å²) in [6, 6.07) is 14.3. The predicted octanol–water partition coefficient (Wildman–Crippen LogP) is 4.81. The molecule has 1 aromatic carbocycles. The van der Waals surface area contributed by atoms with Crippen molar-refractivity contribution in [3.8, 4) is 0 Å². The molecule has 6 rings (SSSR count). The first-order valence-corrected chi connectivity index (χ1v) is 12.1. The van der Waals surface area contributed by atoms with Gasteiger partial charge in [-0.15, -0.1) is 11.3 Å². The Bertz CT molecular complexity index is 864. The minimum Gasteiger partial charge on any atom is -0.460 e.